The molecular weight excluding hydrogens is 236 g/mol. The predicted octanol–water partition coefficient (Wildman–Crippen LogP) is 5.36. The third kappa shape index (κ3) is 2.05. The summed E-state index contributed by atoms with van der Waals surface area (Å²) in [4.78, 5) is 0. The van der Waals surface area contributed by atoms with Crippen LogP contribution in [0.4, 0.5) is 0 Å². The molecule has 0 aromatic rings. The van der Waals surface area contributed by atoms with Crippen LogP contribution < -0.4 is 0 Å². The first kappa shape index (κ1) is 13.7. The molecule has 1 heterocycles. The molecular formula is C15H31Si2+. The van der Waals surface area contributed by atoms with Crippen LogP contribution >= 0.6 is 0 Å². The molecule has 2 fully saturated rings. The highest BCUT2D eigenvalue weighted by Gasteiger charge is 2.61. The smallest absolute Gasteiger partial charge is 0.0691 e. The average Bonchev–Trinajstić information content (AvgIpc) is 2.12. The molecule has 1 aliphatic carbocycles. The van der Waals surface area contributed by atoms with Crippen LogP contribution in [0.2, 0.25) is 42.9 Å². The third-order valence-electron chi connectivity index (χ3n) is 6.19. The molecule has 0 aromatic carbocycles. The number of hydrogen-bond donors (Lipinski definition) is 0. The summed E-state index contributed by atoms with van der Waals surface area (Å²) in [7, 11) is -2.03. The molecule has 1 spiro atoms. The van der Waals surface area contributed by atoms with Crippen LogP contribution in [0, 0.1) is 18.3 Å². The van der Waals surface area contributed by atoms with Gasteiger partial charge < -0.3 is 0 Å². The van der Waals surface area contributed by atoms with E-state index in [0.717, 1.165) is 16.5 Å². The summed E-state index contributed by atoms with van der Waals surface area (Å²) < 4.78 is 0.839. The third-order valence-corrected chi connectivity index (χ3v) is 19.5. The SMILES string of the molecule is CC1[CH+]C(C)CC2(C1)[Si](C)(C)CCC[Si]2(C)C. The van der Waals surface area contributed by atoms with Gasteiger partial charge in [-0.15, -0.1) is 0 Å². The van der Waals surface area contributed by atoms with Gasteiger partial charge in [0.2, 0.25) is 0 Å². The Morgan fingerprint density at radius 1 is 0.882 bits per heavy atom. The van der Waals surface area contributed by atoms with Gasteiger partial charge in [0.25, 0.3) is 0 Å². The molecule has 2 aliphatic rings. The highest BCUT2D eigenvalue weighted by molar-refractivity contribution is 7.00. The van der Waals surface area contributed by atoms with E-state index >= 15 is 0 Å². The second kappa shape index (κ2) is 4.16. The van der Waals surface area contributed by atoms with Crippen molar-refractivity contribution in [3.8, 4) is 0 Å². The van der Waals surface area contributed by atoms with Crippen LogP contribution in [0.15, 0.2) is 0 Å². The second-order valence-electron chi connectivity index (χ2n) is 8.26. The Bertz CT molecular complexity index is 265. The van der Waals surface area contributed by atoms with Crippen molar-refractivity contribution >= 4 is 16.1 Å². The van der Waals surface area contributed by atoms with Gasteiger partial charge in [0.05, 0.1) is 34.4 Å². The fourth-order valence-electron chi connectivity index (χ4n) is 5.35. The van der Waals surface area contributed by atoms with E-state index in [-0.39, 0.29) is 0 Å². The van der Waals surface area contributed by atoms with E-state index in [1.165, 1.54) is 12.8 Å². The van der Waals surface area contributed by atoms with Crippen LogP contribution in [0.1, 0.15) is 33.1 Å². The van der Waals surface area contributed by atoms with Gasteiger partial charge in [0, 0.05) is 0 Å². The van der Waals surface area contributed by atoms with Crippen molar-refractivity contribution in [3.63, 3.8) is 0 Å². The van der Waals surface area contributed by atoms with Gasteiger partial charge in [-0.25, -0.2) is 0 Å². The van der Waals surface area contributed by atoms with Gasteiger partial charge >= 0.3 is 0 Å². The van der Waals surface area contributed by atoms with E-state index in [0.29, 0.717) is 0 Å². The minimum Gasteiger partial charge on any atom is -0.0691 e. The van der Waals surface area contributed by atoms with Crippen molar-refractivity contribution in [2.24, 2.45) is 11.8 Å². The summed E-state index contributed by atoms with van der Waals surface area (Å²) >= 11 is 0. The van der Waals surface area contributed by atoms with Crippen LogP contribution in [0.5, 0.6) is 0 Å². The lowest BCUT2D eigenvalue weighted by Crippen LogP contribution is -2.62. The summed E-state index contributed by atoms with van der Waals surface area (Å²) in [5.74, 6) is 1.74. The van der Waals surface area contributed by atoms with Gasteiger partial charge in [0.15, 0.2) is 0 Å². The van der Waals surface area contributed by atoms with Gasteiger partial charge in [-0.3, -0.25) is 0 Å². The summed E-state index contributed by atoms with van der Waals surface area (Å²) in [5, 5.41) is 0. The van der Waals surface area contributed by atoms with E-state index in [1.54, 1.807) is 18.5 Å². The minimum atomic E-state index is -1.02. The molecule has 1 aliphatic heterocycles. The Labute approximate surface area is 111 Å². The largest absolute Gasteiger partial charge is 0.0952 e. The standard InChI is InChI=1S/C15H31Si2/c1-13-10-14(2)12-15(11-13)16(3,4)8-7-9-17(15,5)6/h10,13-14H,7-9,11-12H2,1-6H3/q+1. The minimum absolute atomic E-state index is 0.839. The summed E-state index contributed by atoms with van der Waals surface area (Å²) in [6.07, 6.45) is 7.26. The molecule has 0 amide bonds. The van der Waals surface area contributed by atoms with Crippen molar-refractivity contribution in [2.75, 3.05) is 0 Å². The second-order valence-corrected chi connectivity index (χ2v) is 19.2. The van der Waals surface area contributed by atoms with Gasteiger partial charge in [-0.2, -0.15) is 0 Å². The molecule has 0 nitrogen and oxygen atoms in total. The normalized spacial score (nSPS) is 38.7. The lowest BCUT2D eigenvalue weighted by atomic mass is 9.82. The predicted molar refractivity (Wildman–Crippen MR) is 83.8 cm³/mol. The Balaban J connectivity index is 2.41. The summed E-state index contributed by atoms with van der Waals surface area (Å²) in [5.41, 5.74) is 0. The topological polar surface area (TPSA) is 0 Å². The van der Waals surface area contributed by atoms with Crippen molar-refractivity contribution in [1.82, 2.24) is 0 Å². The molecule has 0 bridgehead atoms. The lowest BCUT2D eigenvalue weighted by Gasteiger charge is -2.60. The Morgan fingerprint density at radius 2 is 1.29 bits per heavy atom. The highest BCUT2D eigenvalue weighted by Crippen LogP contribution is 2.63. The van der Waals surface area contributed by atoms with Crippen LogP contribution in [0.3, 0.4) is 0 Å². The zero-order valence-corrected chi connectivity index (χ0v) is 14.8. The van der Waals surface area contributed by atoms with E-state index in [2.05, 4.69) is 46.5 Å². The van der Waals surface area contributed by atoms with Gasteiger partial charge in [-0.1, -0.05) is 44.7 Å². The zero-order valence-electron chi connectivity index (χ0n) is 12.8. The zero-order chi connectivity index (χ0) is 12.9. The van der Waals surface area contributed by atoms with Crippen molar-refractivity contribution < 1.29 is 0 Å². The van der Waals surface area contributed by atoms with Gasteiger partial charge in [-0.05, 0) is 31.4 Å². The number of rotatable bonds is 0. The molecule has 17 heavy (non-hydrogen) atoms. The molecule has 0 radical (unpaired) electrons. The lowest BCUT2D eigenvalue weighted by molar-refractivity contribution is 0.345. The summed E-state index contributed by atoms with van der Waals surface area (Å²) in [6, 6.07) is 3.20. The molecule has 1 saturated carbocycles. The molecule has 1 saturated heterocycles. The first-order valence-corrected chi connectivity index (χ1v) is 14.0. The van der Waals surface area contributed by atoms with E-state index in [9.17, 15) is 0 Å². The molecule has 98 valence electrons. The van der Waals surface area contributed by atoms with Crippen LogP contribution in [-0.4, -0.2) is 16.1 Å². The first-order valence-electron chi connectivity index (χ1n) is 7.55. The average molecular weight is 268 g/mol. The van der Waals surface area contributed by atoms with E-state index in [4.69, 9.17) is 0 Å². The van der Waals surface area contributed by atoms with Crippen molar-refractivity contribution in [1.29, 1.82) is 0 Å². The van der Waals surface area contributed by atoms with Crippen LogP contribution in [-0.2, 0) is 0 Å². The Kier molecular flexibility index (Phi) is 3.36. The monoisotopic (exact) mass is 267 g/mol. The van der Waals surface area contributed by atoms with Crippen LogP contribution in [0.25, 0.3) is 0 Å². The first-order chi connectivity index (χ1) is 7.70. The summed E-state index contributed by atoms with van der Waals surface area (Å²) in [6.45, 7) is 15.8. The van der Waals surface area contributed by atoms with Crippen molar-refractivity contribution in [2.45, 2.75) is 76.0 Å². The van der Waals surface area contributed by atoms with Crippen molar-refractivity contribution in [3.05, 3.63) is 6.42 Å². The van der Waals surface area contributed by atoms with Gasteiger partial charge in [0.1, 0.15) is 0 Å². The van der Waals surface area contributed by atoms with E-state index in [1.807, 2.05) is 0 Å². The highest BCUT2D eigenvalue weighted by atomic mass is 28.4. The molecule has 2 atom stereocenters. The maximum Gasteiger partial charge on any atom is 0.0952 e. The number of hydrogen-bond acceptors (Lipinski definition) is 0. The van der Waals surface area contributed by atoms with E-state index < -0.39 is 16.1 Å². The Morgan fingerprint density at radius 3 is 1.71 bits per heavy atom. The maximum absolute atomic E-state index is 2.71. The molecule has 0 aromatic heterocycles. The molecule has 2 unspecified atom stereocenters. The molecule has 2 rings (SSSR count). The molecule has 0 N–H and O–H groups in total. The Hall–Kier alpha value is 0.304. The fourth-order valence-corrected chi connectivity index (χ4v) is 20.4. The molecule has 2 heteroatoms. The quantitative estimate of drug-likeness (QED) is 0.409. The fraction of sp³-hybridized carbons (Fsp3) is 0.933. The maximum atomic E-state index is 2.71.